The van der Waals surface area contributed by atoms with Crippen molar-refractivity contribution in [2.24, 2.45) is 35.1 Å². The average molecular weight is 857 g/mol. The van der Waals surface area contributed by atoms with Crippen molar-refractivity contribution in [3.63, 3.8) is 0 Å². The van der Waals surface area contributed by atoms with Gasteiger partial charge >= 0.3 is 0 Å². The maximum atomic E-state index is 12.2. The lowest BCUT2D eigenvalue weighted by Crippen LogP contribution is -2.44. The molecule has 2 saturated heterocycles. The van der Waals surface area contributed by atoms with Crippen molar-refractivity contribution in [2.45, 2.75) is 64.2 Å². The number of carbonyl (C=O) groups is 5. The zero-order valence-electron chi connectivity index (χ0n) is 33.5. The Labute approximate surface area is 359 Å². The summed E-state index contributed by atoms with van der Waals surface area (Å²) < 4.78 is 10.4. The predicted molar refractivity (Wildman–Crippen MR) is 227 cm³/mol. The SMILES string of the molecule is N#CC1CNCCC1C(N)=O.N#C[C@@H]1CN(CCCCCNC(=O)c2cc(-c3cccs3)on2)CC[C@@H]1C(N)=O.O=CCCCCCC(=O)c1cc(-c2cccs2)on1.[B]. The highest BCUT2D eigenvalue weighted by Gasteiger charge is 2.32. The van der Waals surface area contributed by atoms with Crippen LogP contribution in [0.2, 0.25) is 0 Å². The number of likely N-dealkylation sites (tertiary alicyclic amines) is 1. The Bertz CT molecular complexity index is 2010. The van der Waals surface area contributed by atoms with Gasteiger partial charge in [-0.2, -0.15) is 10.5 Å². The van der Waals surface area contributed by atoms with Crippen LogP contribution >= 0.6 is 22.7 Å². The first kappa shape index (κ1) is 48.9. The van der Waals surface area contributed by atoms with Gasteiger partial charge in [-0.25, -0.2) is 0 Å². The fourth-order valence-corrected chi connectivity index (χ4v) is 7.98. The van der Waals surface area contributed by atoms with Crippen LogP contribution in [0.5, 0.6) is 0 Å². The smallest absolute Gasteiger partial charge is 0.273 e. The topological polar surface area (TPSA) is 264 Å². The van der Waals surface area contributed by atoms with Gasteiger partial charge in [0, 0.05) is 53.0 Å². The Morgan fingerprint density at radius 2 is 1.48 bits per heavy atom. The third-order valence-corrected chi connectivity index (χ3v) is 11.7. The molecular weight excluding hydrogens is 805 g/mol. The summed E-state index contributed by atoms with van der Waals surface area (Å²) in [6, 6.07) is 15.3. The monoisotopic (exact) mass is 856 g/mol. The fraction of sp³-hybridized carbons (Fsp3) is 0.488. The summed E-state index contributed by atoms with van der Waals surface area (Å²) in [6.45, 7) is 4.21. The van der Waals surface area contributed by atoms with Crippen LogP contribution in [0.3, 0.4) is 0 Å². The molecule has 6 rings (SSSR count). The summed E-state index contributed by atoms with van der Waals surface area (Å²) in [5, 5.41) is 35.3. The highest BCUT2D eigenvalue weighted by atomic mass is 32.1. The number of nitrogens with one attached hydrogen (secondary N) is 2. The normalized spacial score (nSPS) is 18.4. The molecule has 3 radical (unpaired) electrons. The molecule has 2 aliphatic rings. The number of hydrogen-bond acceptors (Lipinski definition) is 15. The summed E-state index contributed by atoms with van der Waals surface area (Å²) >= 11 is 3.08. The van der Waals surface area contributed by atoms with Gasteiger partial charge in [-0.3, -0.25) is 19.2 Å². The maximum Gasteiger partial charge on any atom is 0.273 e. The van der Waals surface area contributed by atoms with Crippen molar-refractivity contribution in [1.29, 1.82) is 10.5 Å². The first-order valence-corrected chi connectivity index (χ1v) is 21.5. The van der Waals surface area contributed by atoms with E-state index < -0.39 is 0 Å². The minimum atomic E-state index is -0.374. The van der Waals surface area contributed by atoms with E-state index in [0.717, 1.165) is 74.2 Å². The Morgan fingerprint density at radius 3 is 2.07 bits per heavy atom. The zero-order chi connectivity index (χ0) is 42.4. The van der Waals surface area contributed by atoms with E-state index in [0.29, 0.717) is 62.5 Å². The predicted octanol–water partition coefficient (Wildman–Crippen LogP) is 4.83. The number of amides is 3. The highest BCUT2D eigenvalue weighted by molar-refractivity contribution is 7.13. The number of unbranched alkanes of at least 4 members (excludes halogenated alkanes) is 5. The minimum Gasteiger partial charge on any atom is -0.369 e. The number of rotatable bonds is 18. The first-order valence-electron chi connectivity index (χ1n) is 19.7. The molecule has 0 aromatic carbocycles. The average Bonchev–Trinajstić information content (AvgIpc) is 4.10. The van der Waals surface area contributed by atoms with Gasteiger partial charge in [0.2, 0.25) is 11.8 Å². The molecule has 6 heterocycles. The lowest BCUT2D eigenvalue weighted by atomic mass is 9.86. The highest BCUT2D eigenvalue weighted by Crippen LogP contribution is 2.27. The van der Waals surface area contributed by atoms with Crippen LogP contribution in [0.4, 0.5) is 0 Å². The standard InChI is InChI=1S/C20H25N5O3S.C14H15NO3S.C7H11N3O.B/c21-12-14-13-25(9-6-15(14)19(22)26)8-3-1-2-7-23-20(27)16-11-17(28-24-16)18-5-4-10-29-18;16-8-4-2-1-3-6-12(17)11-10-13(18-15-11)14-7-5-9-19-14;8-3-5-4-10-2-1-6(5)7(9)11;/h4-5,10-11,14-15H,1-3,6-9,13H2,(H2,22,26)(H,23,27);5,7-10H,1-4,6H2;5-6,10H,1-2,4H2,(H2,9,11);/t14-,15+;;;/m1.../s1. The molecule has 19 heteroatoms. The van der Waals surface area contributed by atoms with Gasteiger partial charge in [0.1, 0.15) is 12.0 Å². The zero-order valence-corrected chi connectivity index (χ0v) is 35.1. The van der Waals surface area contributed by atoms with Crippen molar-refractivity contribution in [1.82, 2.24) is 25.8 Å². The summed E-state index contributed by atoms with van der Waals surface area (Å²) in [4.78, 5) is 60.5. The lowest BCUT2D eigenvalue weighted by molar-refractivity contribution is -0.124. The quantitative estimate of drug-likeness (QED) is 0.0453. The molecule has 16 nitrogen and oxygen atoms in total. The van der Waals surface area contributed by atoms with Crippen molar-refractivity contribution >= 4 is 60.9 Å². The molecule has 3 amide bonds. The van der Waals surface area contributed by atoms with Gasteiger partial charge in [0.25, 0.3) is 5.91 Å². The van der Waals surface area contributed by atoms with Crippen LogP contribution in [0.25, 0.3) is 21.3 Å². The molecule has 317 valence electrons. The number of aromatic nitrogens is 2. The molecule has 6 N–H and O–H groups in total. The Balaban J connectivity index is 0.000000265. The fourth-order valence-electron chi connectivity index (χ4n) is 6.64. The molecule has 4 aromatic heterocycles. The molecule has 0 spiro atoms. The van der Waals surface area contributed by atoms with Crippen LogP contribution < -0.4 is 22.1 Å². The number of hydrogen-bond donors (Lipinski definition) is 4. The molecule has 2 unspecified atom stereocenters. The van der Waals surface area contributed by atoms with E-state index in [-0.39, 0.29) is 61.3 Å². The molecule has 60 heavy (non-hydrogen) atoms. The molecule has 0 bridgehead atoms. The summed E-state index contributed by atoms with van der Waals surface area (Å²) in [5.74, 6) is -0.854. The van der Waals surface area contributed by atoms with E-state index in [2.05, 4.69) is 38.0 Å². The number of piperidine rings is 2. The number of carbonyl (C=O) groups excluding carboxylic acids is 5. The molecule has 0 aliphatic carbocycles. The summed E-state index contributed by atoms with van der Waals surface area (Å²) in [5.41, 5.74) is 11.2. The molecule has 2 aliphatic heterocycles. The van der Waals surface area contributed by atoms with Crippen LogP contribution in [-0.2, 0) is 14.4 Å². The van der Waals surface area contributed by atoms with Crippen LogP contribution in [0, 0.1) is 46.3 Å². The third-order valence-electron chi connectivity index (χ3n) is 9.97. The summed E-state index contributed by atoms with van der Waals surface area (Å²) in [7, 11) is 0. The van der Waals surface area contributed by atoms with Crippen LogP contribution in [-0.4, -0.2) is 92.7 Å². The molecule has 0 saturated carbocycles. The largest absolute Gasteiger partial charge is 0.369 e. The number of nitriles is 2. The minimum absolute atomic E-state index is 0. The van der Waals surface area contributed by atoms with Crippen LogP contribution in [0.15, 0.2) is 56.2 Å². The molecule has 4 atom stereocenters. The third kappa shape index (κ3) is 15.6. The number of aldehydes is 1. The van der Waals surface area contributed by atoms with E-state index in [1.54, 1.807) is 23.5 Å². The molecular formula is C41H51BN9O7S2. The number of thiophene rings is 2. The maximum absolute atomic E-state index is 12.2. The molecule has 4 aromatic rings. The van der Waals surface area contributed by atoms with Gasteiger partial charge in [-0.05, 0) is 81.1 Å². The van der Waals surface area contributed by atoms with E-state index in [1.807, 2.05) is 35.0 Å². The second kappa shape index (κ2) is 26.6. The van der Waals surface area contributed by atoms with E-state index in [1.165, 1.54) is 11.3 Å². The van der Waals surface area contributed by atoms with E-state index in [9.17, 15) is 29.2 Å². The summed E-state index contributed by atoms with van der Waals surface area (Å²) in [6.07, 6.45) is 8.59. The second-order valence-corrected chi connectivity index (χ2v) is 16.1. The van der Waals surface area contributed by atoms with Gasteiger partial charge in [-0.1, -0.05) is 35.3 Å². The van der Waals surface area contributed by atoms with Crippen LogP contribution in [0.1, 0.15) is 85.2 Å². The van der Waals surface area contributed by atoms with Gasteiger partial charge in [0.05, 0.1) is 45.6 Å². The van der Waals surface area contributed by atoms with Gasteiger partial charge in [0.15, 0.2) is 23.0 Å². The number of nitrogens with zero attached hydrogens (tertiary/aromatic N) is 5. The van der Waals surface area contributed by atoms with E-state index >= 15 is 0 Å². The molecule has 2 fully saturated rings. The van der Waals surface area contributed by atoms with Crippen molar-refractivity contribution < 1.29 is 33.0 Å². The Kier molecular flexibility index (Phi) is 21.7. The van der Waals surface area contributed by atoms with Gasteiger partial charge in [-0.15, -0.1) is 22.7 Å². The Hall–Kier alpha value is -5.47. The van der Waals surface area contributed by atoms with Gasteiger partial charge < -0.3 is 40.8 Å². The van der Waals surface area contributed by atoms with Crippen molar-refractivity contribution in [3.8, 4) is 33.4 Å². The van der Waals surface area contributed by atoms with E-state index in [4.69, 9.17) is 25.8 Å². The van der Waals surface area contributed by atoms with Crippen molar-refractivity contribution in [3.05, 3.63) is 58.5 Å². The first-order chi connectivity index (χ1) is 28.6. The number of nitrogens with two attached hydrogens (primary N) is 2. The number of Topliss-reactive ketones (excluding diaryl/α,β-unsaturated/α-hetero) is 1. The second-order valence-electron chi connectivity index (χ2n) is 14.2. The Morgan fingerprint density at radius 1 is 0.867 bits per heavy atom. The lowest BCUT2D eigenvalue weighted by Gasteiger charge is -2.33. The number of ketones is 1. The van der Waals surface area contributed by atoms with Crippen molar-refractivity contribution in [2.75, 3.05) is 39.3 Å². The number of primary amides is 2.